The lowest BCUT2D eigenvalue weighted by Crippen LogP contribution is -2.26. The molecule has 0 aromatic carbocycles. The maximum Gasteiger partial charge on any atom is 0.261 e. The normalized spacial score (nSPS) is 9.74. The lowest BCUT2D eigenvalue weighted by atomic mass is 10.4. The molecule has 0 bridgehead atoms. The van der Waals surface area contributed by atoms with Crippen molar-refractivity contribution in [1.82, 2.24) is 14.9 Å². The van der Waals surface area contributed by atoms with Crippen LogP contribution in [0.2, 0.25) is 0 Å². The van der Waals surface area contributed by atoms with Crippen molar-refractivity contribution in [2.24, 2.45) is 5.73 Å². The van der Waals surface area contributed by atoms with Gasteiger partial charge in [-0.3, -0.25) is 4.79 Å². The minimum absolute atomic E-state index is 0.0779. The number of nitrogens with one attached hydrogen (secondary N) is 1. The van der Waals surface area contributed by atoms with E-state index in [1.807, 2.05) is 16.8 Å². The third kappa shape index (κ3) is 3.95. The second kappa shape index (κ2) is 6.73. The fourth-order valence-corrected chi connectivity index (χ4v) is 2.27. The number of nitrogens with two attached hydrogens (primary N) is 1. The molecule has 2 aromatic rings. The Morgan fingerprint density at radius 2 is 2.42 bits per heavy atom. The van der Waals surface area contributed by atoms with Gasteiger partial charge in [-0.1, -0.05) is 11.8 Å². The highest BCUT2D eigenvalue weighted by molar-refractivity contribution is 7.14. The Hall–Kier alpha value is -2.10. The predicted octanol–water partition coefficient (Wildman–Crippen LogP) is 0.685. The summed E-state index contributed by atoms with van der Waals surface area (Å²) in [6, 6.07) is 3.61. The zero-order chi connectivity index (χ0) is 13.5. The summed E-state index contributed by atoms with van der Waals surface area (Å²) in [5, 5.41) is 2.86. The topological polar surface area (TPSA) is 72.9 Å². The molecule has 6 heteroatoms. The summed E-state index contributed by atoms with van der Waals surface area (Å²) in [6.45, 7) is 1.60. The van der Waals surface area contributed by atoms with Crippen LogP contribution in [0.4, 0.5) is 0 Å². The minimum atomic E-state index is -0.0779. The van der Waals surface area contributed by atoms with Gasteiger partial charge in [0.15, 0.2) is 0 Å². The summed E-state index contributed by atoms with van der Waals surface area (Å²) in [6.07, 6.45) is 5.29. The van der Waals surface area contributed by atoms with Crippen molar-refractivity contribution in [2.75, 3.05) is 13.1 Å². The number of amides is 1. The van der Waals surface area contributed by atoms with Crippen molar-refractivity contribution < 1.29 is 4.79 Å². The molecule has 2 heterocycles. The first-order chi connectivity index (χ1) is 9.29. The summed E-state index contributed by atoms with van der Waals surface area (Å²) < 4.78 is 1.91. The molecule has 2 aromatic heterocycles. The number of hydrogen-bond acceptors (Lipinski definition) is 4. The first-order valence-electron chi connectivity index (χ1n) is 5.82. The summed E-state index contributed by atoms with van der Waals surface area (Å²) in [5.74, 6) is 5.60. The van der Waals surface area contributed by atoms with Gasteiger partial charge in [-0.25, -0.2) is 4.98 Å². The van der Waals surface area contributed by atoms with Crippen molar-refractivity contribution in [2.45, 2.75) is 6.54 Å². The third-order valence-electron chi connectivity index (χ3n) is 2.36. The Labute approximate surface area is 115 Å². The average Bonchev–Trinajstić information content (AvgIpc) is 3.07. The van der Waals surface area contributed by atoms with Crippen LogP contribution in [0.1, 0.15) is 14.5 Å². The fraction of sp³-hybridized carbons (Fsp3) is 0.231. The van der Waals surface area contributed by atoms with Crippen LogP contribution < -0.4 is 11.1 Å². The maximum atomic E-state index is 11.9. The highest BCUT2D eigenvalue weighted by atomic mass is 32.1. The molecule has 5 nitrogen and oxygen atoms in total. The lowest BCUT2D eigenvalue weighted by Gasteiger charge is -2.03. The van der Waals surface area contributed by atoms with Gasteiger partial charge in [-0.05, 0) is 12.1 Å². The van der Waals surface area contributed by atoms with Crippen LogP contribution in [0.25, 0.3) is 0 Å². The first-order valence-corrected chi connectivity index (χ1v) is 6.64. The molecule has 0 aliphatic heterocycles. The molecule has 0 atom stereocenters. The smallest absolute Gasteiger partial charge is 0.261 e. The van der Waals surface area contributed by atoms with E-state index in [1.165, 1.54) is 11.3 Å². The van der Waals surface area contributed by atoms with Crippen LogP contribution in [-0.4, -0.2) is 28.5 Å². The van der Waals surface area contributed by atoms with E-state index in [1.54, 1.807) is 18.6 Å². The number of thiophene rings is 1. The van der Waals surface area contributed by atoms with Gasteiger partial charge in [0.2, 0.25) is 0 Å². The first kappa shape index (κ1) is 13.3. The highest BCUT2D eigenvalue weighted by Crippen LogP contribution is 2.14. The minimum Gasteiger partial charge on any atom is -0.350 e. The van der Waals surface area contributed by atoms with E-state index in [4.69, 9.17) is 5.73 Å². The molecule has 0 fully saturated rings. The SMILES string of the molecule is NCC#Cc1ccc(C(=O)NCCn2ccnc2)s1. The summed E-state index contributed by atoms with van der Waals surface area (Å²) >= 11 is 1.37. The second-order valence-electron chi connectivity index (χ2n) is 3.73. The lowest BCUT2D eigenvalue weighted by molar-refractivity contribution is 0.0956. The van der Waals surface area contributed by atoms with E-state index in [2.05, 4.69) is 22.1 Å². The summed E-state index contributed by atoms with van der Waals surface area (Å²) in [7, 11) is 0. The van der Waals surface area contributed by atoms with E-state index in [0.29, 0.717) is 24.5 Å². The van der Waals surface area contributed by atoms with Gasteiger partial charge < -0.3 is 15.6 Å². The van der Waals surface area contributed by atoms with Crippen molar-refractivity contribution >= 4 is 17.2 Å². The molecule has 19 heavy (non-hydrogen) atoms. The number of hydrogen-bond donors (Lipinski definition) is 2. The maximum absolute atomic E-state index is 11.9. The number of nitrogens with zero attached hydrogens (tertiary/aromatic N) is 2. The van der Waals surface area contributed by atoms with Crippen LogP contribution in [0.3, 0.4) is 0 Å². The molecule has 0 saturated heterocycles. The van der Waals surface area contributed by atoms with Crippen molar-refractivity contribution in [3.05, 3.63) is 40.6 Å². The van der Waals surface area contributed by atoms with Gasteiger partial charge in [0, 0.05) is 25.5 Å². The third-order valence-corrected chi connectivity index (χ3v) is 3.36. The zero-order valence-corrected chi connectivity index (χ0v) is 11.1. The summed E-state index contributed by atoms with van der Waals surface area (Å²) in [4.78, 5) is 17.3. The molecule has 0 unspecified atom stereocenters. The van der Waals surface area contributed by atoms with Crippen LogP contribution in [0.15, 0.2) is 30.9 Å². The summed E-state index contributed by atoms with van der Waals surface area (Å²) in [5.41, 5.74) is 5.30. The van der Waals surface area contributed by atoms with Gasteiger partial charge in [0.1, 0.15) is 0 Å². The molecule has 3 N–H and O–H groups in total. The largest absolute Gasteiger partial charge is 0.350 e. The van der Waals surface area contributed by atoms with Crippen LogP contribution in [0, 0.1) is 11.8 Å². The van der Waals surface area contributed by atoms with Crippen LogP contribution >= 0.6 is 11.3 Å². The molecule has 0 aliphatic rings. The number of rotatable bonds is 4. The Morgan fingerprint density at radius 1 is 1.53 bits per heavy atom. The number of carbonyl (C=O) groups excluding carboxylic acids is 1. The molecule has 0 spiro atoms. The molecule has 0 aliphatic carbocycles. The fourth-order valence-electron chi connectivity index (χ4n) is 1.47. The van der Waals surface area contributed by atoms with E-state index < -0.39 is 0 Å². The molecule has 0 radical (unpaired) electrons. The van der Waals surface area contributed by atoms with Gasteiger partial charge in [-0.15, -0.1) is 11.3 Å². The predicted molar refractivity (Wildman–Crippen MR) is 74.8 cm³/mol. The Morgan fingerprint density at radius 3 is 3.16 bits per heavy atom. The number of aromatic nitrogens is 2. The van der Waals surface area contributed by atoms with E-state index in [9.17, 15) is 4.79 Å². The Balaban J connectivity index is 1.84. The van der Waals surface area contributed by atoms with Gasteiger partial charge in [-0.2, -0.15) is 0 Å². The molecule has 2 rings (SSSR count). The Kier molecular flexibility index (Phi) is 4.72. The van der Waals surface area contributed by atoms with Gasteiger partial charge in [0.05, 0.1) is 22.6 Å². The van der Waals surface area contributed by atoms with E-state index >= 15 is 0 Å². The number of carbonyl (C=O) groups is 1. The van der Waals surface area contributed by atoms with Gasteiger partial charge in [0.25, 0.3) is 5.91 Å². The van der Waals surface area contributed by atoms with E-state index in [0.717, 1.165) is 4.88 Å². The quantitative estimate of drug-likeness (QED) is 0.805. The van der Waals surface area contributed by atoms with Crippen molar-refractivity contribution in [3.8, 4) is 11.8 Å². The highest BCUT2D eigenvalue weighted by Gasteiger charge is 2.07. The zero-order valence-electron chi connectivity index (χ0n) is 10.3. The molecular formula is C13H14N4OS. The van der Waals surface area contributed by atoms with Crippen LogP contribution in [0.5, 0.6) is 0 Å². The standard InChI is InChI=1S/C13H14N4OS/c14-5-1-2-11-3-4-12(19-11)13(18)16-7-9-17-8-6-15-10-17/h3-4,6,8,10H,5,7,9,14H2,(H,16,18). The number of imidazole rings is 1. The molecule has 1 amide bonds. The van der Waals surface area contributed by atoms with Crippen molar-refractivity contribution in [3.63, 3.8) is 0 Å². The van der Waals surface area contributed by atoms with Crippen molar-refractivity contribution in [1.29, 1.82) is 0 Å². The van der Waals surface area contributed by atoms with E-state index in [-0.39, 0.29) is 5.91 Å². The van der Waals surface area contributed by atoms with Crippen LogP contribution in [-0.2, 0) is 6.54 Å². The molecule has 0 saturated carbocycles. The van der Waals surface area contributed by atoms with Gasteiger partial charge >= 0.3 is 0 Å². The average molecular weight is 274 g/mol. The second-order valence-corrected chi connectivity index (χ2v) is 4.81. The Bertz CT molecular complexity index is 592. The molecule has 98 valence electrons. The monoisotopic (exact) mass is 274 g/mol. The molecular weight excluding hydrogens is 260 g/mol.